The van der Waals surface area contributed by atoms with Crippen molar-refractivity contribution in [2.45, 2.75) is 25.3 Å². The van der Waals surface area contributed by atoms with E-state index in [1.54, 1.807) is 41.8 Å². The predicted molar refractivity (Wildman–Crippen MR) is 141 cm³/mol. The number of hydrogen-bond donors (Lipinski definition) is 0. The molecule has 1 amide bonds. The molecule has 0 N–H and O–H groups in total. The number of benzene rings is 1. The normalized spacial score (nSPS) is 16.5. The summed E-state index contributed by atoms with van der Waals surface area (Å²) < 4.78 is 3.26. The smallest absolute Gasteiger partial charge is 0.263 e. The third kappa shape index (κ3) is 4.19. The number of nitrogens with zero attached hydrogens (tertiary/aromatic N) is 8. The SMILES string of the molecule is CN(C)C(=O)c1cc(C2=CN=C([C@@H]3CCc4nc(-c5cc(Cl)ccc5-n5cnnn5)cc(=O)n43)C2)cs1. The lowest BCUT2D eigenvalue weighted by Crippen LogP contribution is -2.28. The predicted octanol–water partition coefficient (Wildman–Crippen LogP) is 3.68. The second kappa shape index (κ2) is 9.16. The minimum Gasteiger partial charge on any atom is -0.344 e. The van der Waals surface area contributed by atoms with Gasteiger partial charge in [0.2, 0.25) is 0 Å². The fourth-order valence-electron chi connectivity index (χ4n) is 4.75. The van der Waals surface area contributed by atoms with Gasteiger partial charge in [-0.25, -0.2) is 4.98 Å². The van der Waals surface area contributed by atoms with E-state index in [4.69, 9.17) is 16.6 Å². The van der Waals surface area contributed by atoms with E-state index in [1.165, 1.54) is 28.4 Å². The molecule has 0 bridgehead atoms. The van der Waals surface area contributed by atoms with Crippen molar-refractivity contribution in [3.8, 4) is 16.9 Å². The molecule has 0 spiro atoms. The van der Waals surface area contributed by atoms with Gasteiger partial charge in [-0.15, -0.1) is 16.4 Å². The number of hydrogen-bond acceptors (Lipinski definition) is 8. The zero-order valence-corrected chi connectivity index (χ0v) is 21.6. The van der Waals surface area contributed by atoms with Gasteiger partial charge in [0.1, 0.15) is 12.2 Å². The van der Waals surface area contributed by atoms with E-state index >= 15 is 0 Å². The van der Waals surface area contributed by atoms with Crippen LogP contribution in [0.25, 0.3) is 22.5 Å². The van der Waals surface area contributed by atoms with Crippen LogP contribution in [-0.2, 0) is 6.42 Å². The average Bonchev–Trinajstić information content (AvgIpc) is 3.68. The highest BCUT2D eigenvalue weighted by Crippen LogP contribution is 2.35. The first-order valence-corrected chi connectivity index (χ1v) is 12.9. The van der Waals surface area contributed by atoms with Crippen LogP contribution in [0.3, 0.4) is 0 Å². The number of rotatable bonds is 5. The quantitative estimate of drug-likeness (QED) is 0.387. The summed E-state index contributed by atoms with van der Waals surface area (Å²) in [6.45, 7) is 0. The molecule has 0 saturated heterocycles. The summed E-state index contributed by atoms with van der Waals surface area (Å²) in [7, 11) is 3.48. The maximum absolute atomic E-state index is 13.4. The van der Waals surface area contributed by atoms with Crippen molar-refractivity contribution in [3.63, 3.8) is 0 Å². The van der Waals surface area contributed by atoms with Crippen LogP contribution in [0.5, 0.6) is 0 Å². The molecule has 186 valence electrons. The number of fused-ring (bicyclic) bond motifs is 1. The number of thiophene rings is 1. The van der Waals surface area contributed by atoms with Crippen LogP contribution in [0.15, 0.2) is 58.0 Å². The van der Waals surface area contributed by atoms with Crippen molar-refractivity contribution in [1.82, 2.24) is 34.7 Å². The summed E-state index contributed by atoms with van der Waals surface area (Å²) in [6, 6.07) is 8.59. The molecule has 4 aromatic rings. The molecule has 0 radical (unpaired) electrons. The van der Waals surface area contributed by atoms with Crippen molar-refractivity contribution in [2.24, 2.45) is 4.99 Å². The second-order valence-electron chi connectivity index (χ2n) is 9.09. The molecule has 0 saturated carbocycles. The van der Waals surface area contributed by atoms with E-state index < -0.39 is 0 Å². The van der Waals surface area contributed by atoms with Gasteiger partial charge >= 0.3 is 0 Å². The van der Waals surface area contributed by atoms with Crippen LogP contribution in [0, 0.1) is 0 Å². The standard InChI is InChI=1S/C25H21ClN8O2S/c1-32(2)25(36)22-8-15(12-37-22)14-7-19(27-11-14)21-5-6-23-29-18(10-24(35)34(21)23)17-9-16(26)3-4-20(17)33-13-28-30-31-33/h3-4,8-13,21H,5-7H2,1-2H3/t21-/m0/s1. The number of halogens is 1. The second-order valence-corrected chi connectivity index (χ2v) is 10.4. The number of tetrazole rings is 1. The van der Waals surface area contributed by atoms with Crippen molar-refractivity contribution in [2.75, 3.05) is 14.1 Å². The molecule has 10 nitrogen and oxygen atoms in total. The number of allylic oxidation sites excluding steroid dienone is 1. The first kappa shape index (κ1) is 23.4. The summed E-state index contributed by atoms with van der Waals surface area (Å²) in [6.07, 6.45) is 5.36. The van der Waals surface area contributed by atoms with Crippen LogP contribution in [0.2, 0.25) is 5.02 Å². The number of aliphatic imine (C=N–C) groups is 1. The molecule has 12 heteroatoms. The van der Waals surface area contributed by atoms with E-state index in [2.05, 4.69) is 20.5 Å². The van der Waals surface area contributed by atoms with E-state index in [1.807, 2.05) is 17.6 Å². The van der Waals surface area contributed by atoms with Crippen LogP contribution in [-0.4, -0.2) is 60.4 Å². The fraction of sp³-hybridized carbons (Fsp3) is 0.240. The van der Waals surface area contributed by atoms with Gasteiger partial charge in [0.05, 0.1) is 22.3 Å². The summed E-state index contributed by atoms with van der Waals surface area (Å²) in [5.41, 5.74) is 4.69. The molecule has 2 aliphatic heterocycles. The summed E-state index contributed by atoms with van der Waals surface area (Å²) in [4.78, 5) is 37.4. The highest BCUT2D eigenvalue weighted by molar-refractivity contribution is 7.12. The Hall–Kier alpha value is -3.96. The molecule has 1 aromatic carbocycles. The topological polar surface area (TPSA) is 111 Å². The number of carbonyl (C=O) groups is 1. The number of aryl methyl sites for hydroxylation is 1. The van der Waals surface area contributed by atoms with Crippen molar-refractivity contribution in [1.29, 1.82) is 0 Å². The maximum Gasteiger partial charge on any atom is 0.263 e. The van der Waals surface area contributed by atoms with Gasteiger partial charge in [-0.05, 0) is 57.6 Å². The molecule has 3 aromatic heterocycles. The minimum atomic E-state index is -0.155. The van der Waals surface area contributed by atoms with Crippen molar-refractivity contribution >= 4 is 40.1 Å². The number of amides is 1. The van der Waals surface area contributed by atoms with Gasteiger partial charge < -0.3 is 4.90 Å². The molecule has 6 rings (SSSR count). The minimum absolute atomic E-state index is 0.0166. The first-order valence-electron chi connectivity index (χ1n) is 11.6. The third-order valence-corrected chi connectivity index (χ3v) is 7.69. The number of carbonyl (C=O) groups excluding carboxylic acids is 1. The fourth-order valence-corrected chi connectivity index (χ4v) is 5.87. The summed E-state index contributed by atoms with van der Waals surface area (Å²) in [5, 5.41) is 13.9. The lowest BCUT2D eigenvalue weighted by Gasteiger charge is -2.16. The van der Waals surface area contributed by atoms with Crippen LogP contribution >= 0.6 is 22.9 Å². The molecule has 1 atom stereocenters. The molecule has 0 unspecified atom stereocenters. The van der Waals surface area contributed by atoms with Gasteiger partial charge in [0.25, 0.3) is 11.5 Å². The van der Waals surface area contributed by atoms with E-state index in [0.29, 0.717) is 45.5 Å². The summed E-state index contributed by atoms with van der Waals surface area (Å²) >= 11 is 7.71. The van der Waals surface area contributed by atoms with Crippen LogP contribution in [0.1, 0.15) is 39.9 Å². The van der Waals surface area contributed by atoms with Gasteiger partial charge in [-0.2, -0.15) is 4.68 Å². The molecule has 5 heterocycles. The van der Waals surface area contributed by atoms with E-state index in [-0.39, 0.29) is 17.5 Å². The highest BCUT2D eigenvalue weighted by Gasteiger charge is 2.31. The molecule has 0 aliphatic carbocycles. The van der Waals surface area contributed by atoms with Gasteiger partial charge in [-0.3, -0.25) is 19.1 Å². The Bertz CT molecular complexity index is 1650. The molecule has 0 fully saturated rings. The Labute approximate surface area is 220 Å². The Kier molecular flexibility index (Phi) is 5.81. The molecule has 37 heavy (non-hydrogen) atoms. The zero-order chi connectivity index (χ0) is 25.7. The Morgan fingerprint density at radius 3 is 2.86 bits per heavy atom. The van der Waals surface area contributed by atoms with E-state index in [0.717, 1.165) is 23.3 Å². The van der Waals surface area contributed by atoms with Crippen molar-refractivity contribution < 1.29 is 4.79 Å². The van der Waals surface area contributed by atoms with Crippen LogP contribution in [0.4, 0.5) is 0 Å². The molecular formula is C25H21ClN8O2S. The van der Waals surface area contributed by atoms with Crippen LogP contribution < -0.4 is 5.56 Å². The monoisotopic (exact) mass is 532 g/mol. The Morgan fingerprint density at radius 1 is 1.22 bits per heavy atom. The maximum atomic E-state index is 13.4. The highest BCUT2D eigenvalue weighted by atomic mass is 35.5. The first-order chi connectivity index (χ1) is 17.9. The average molecular weight is 533 g/mol. The van der Waals surface area contributed by atoms with Gasteiger partial charge in [-0.1, -0.05) is 11.6 Å². The molecule has 2 aliphatic rings. The lowest BCUT2D eigenvalue weighted by atomic mass is 10.0. The van der Waals surface area contributed by atoms with Gasteiger partial charge in [0, 0.05) is 55.5 Å². The largest absolute Gasteiger partial charge is 0.344 e. The molecular weight excluding hydrogens is 512 g/mol. The zero-order valence-electron chi connectivity index (χ0n) is 20.0. The number of aromatic nitrogens is 6. The van der Waals surface area contributed by atoms with Gasteiger partial charge in [0.15, 0.2) is 0 Å². The summed E-state index contributed by atoms with van der Waals surface area (Å²) in [5.74, 6) is 0.692. The third-order valence-electron chi connectivity index (χ3n) is 6.54. The Balaban J connectivity index is 1.27. The Morgan fingerprint density at radius 2 is 2.08 bits per heavy atom. The van der Waals surface area contributed by atoms with Crippen molar-refractivity contribution in [3.05, 3.63) is 79.9 Å². The lowest BCUT2D eigenvalue weighted by molar-refractivity contribution is 0.0832. The van der Waals surface area contributed by atoms with E-state index in [9.17, 15) is 9.59 Å².